The van der Waals surface area contributed by atoms with E-state index in [1.165, 1.54) is 6.07 Å². The smallest absolute Gasteiger partial charge is 0.265 e. The van der Waals surface area contributed by atoms with Gasteiger partial charge in [-0.3, -0.25) is 9.59 Å². The van der Waals surface area contributed by atoms with E-state index in [0.717, 1.165) is 12.0 Å². The highest BCUT2D eigenvalue weighted by Gasteiger charge is 2.16. The van der Waals surface area contributed by atoms with Crippen LogP contribution in [0.15, 0.2) is 48.5 Å². The molecule has 5 nitrogen and oxygen atoms in total. The first kappa shape index (κ1) is 16.5. The number of carbonyl (C=O) groups is 2. The lowest BCUT2D eigenvalue weighted by molar-refractivity contribution is -0.122. The predicted molar refractivity (Wildman–Crippen MR) is 89.5 cm³/mol. The molecule has 0 aliphatic heterocycles. The first-order chi connectivity index (χ1) is 11.0. The second-order valence-corrected chi connectivity index (χ2v) is 5.16. The first-order valence-electron chi connectivity index (χ1n) is 7.46. The third-order valence-electron chi connectivity index (χ3n) is 3.44. The van der Waals surface area contributed by atoms with Crippen LogP contribution in [0.25, 0.3) is 0 Å². The van der Waals surface area contributed by atoms with Gasteiger partial charge in [-0.2, -0.15) is 0 Å². The first-order valence-corrected chi connectivity index (χ1v) is 7.46. The third kappa shape index (κ3) is 4.32. The molecule has 1 unspecified atom stereocenters. The van der Waals surface area contributed by atoms with E-state index in [2.05, 4.69) is 5.32 Å². The average molecular weight is 312 g/mol. The summed E-state index contributed by atoms with van der Waals surface area (Å²) in [6.45, 7) is 3.71. The number of primary amides is 1. The van der Waals surface area contributed by atoms with Crippen molar-refractivity contribution in [3.63, 3.8) is 0 Å². The minimum Gasteiger partial charge on any atom is -0.481 e. The monoisotopic (exact) mass is 312 g/mol. The molecule has 2 aromatic rings. The van der Waals surface area contributed by atoms with Crippen LogP contribution >= 0.6 is 0 Å². The number of para-hydroxylation sites is 1. The molecule has 0 aromatic heterocycles. The molecule has 0 bridgehead atoms. The van der Waals surface area contributed by atoms with Crippen molar-refractivity contribution in [2.75, 3.05) is 5.32 Å². The van der Waals surface area contributed by atoms with Gasteiger partial charge in [-0.1, -0.05) is 31.2 Å². The molecule has 2 aromatic carbocycles. The van der Waals surface area contributed by atoms with Gasteiger partial charge in [-0.05, 0) is 43.2 Å². The predicted octanol–water partition coefficient (Wildman–Crippen LogP) is 2.75. The Bertz CT molecular complexity index is 713. The maximum atomic E-state index is 12.2. The van der Waals surface area contributed by atoms with Crippen molar-refractivity contribution in [3.05, 3.63) is 59.7 Å². The van der Waals surface area contributed by atoms with E-state index < -0.39 is 12.0 Å². The van der Waals surface area contributed by atoms with Gasteiger partial charge in [0.25, 0.3) is 5.91 Å². The highest BCUT2D eigenvalue weighted by atomic mass is 16.5. The number of carbonyl (C=O) groups excluding carboxylic acids is 2. The summed E-state index contributed by atoms with van der Waals surface area (Å²) in [6.07, 6.45) is 0.158. The van der Waals surface area contributed by atoms with Crippen molar-refractivity contribution in [3.8, 4) is 5.75 Å². The maximum Gasteiger partial charge on any atom is 0.265 e. The second-order valence-electron chi connectivity index (χ2n) is 5.16. The Morgan fingerprint density at radius 1 is 1.17 bits per heavy atom. The number of ether oxygens (including phenoxy) is 1. The number of amides is 2. The summed E-state index contributed by atoms with van der Waals surface area (Å²) in [5, 5.41) is 2.72. The lowest BCUT2D eigenvalue weighted by Crippen LogP contribution is -2.30. The number of hydrogen-bond donors (Lipinski definition) is 2. The van der Waals surface area contributed by atoms with Crippen molar-refractivity contribution in [2.24, 2.45) is 5.73 Å². The molecule has 120 valence electrons. The van der Waals surface area contributed by atoms with Gasteiger partial charge in [-0.25, -0.2) is 0 Å². The molecule has 2 amide bonds. The number of rotatable bonds is 6. The van der Waals surface area contributed by atoms with E-state index in [1.54, 1.807) is 25.1 Å². The highest BCUT2D eigenvalue weighted by molar-refractivity contribution is 5.97. The minimum atomic E-state index is -0.667. The molecule has 0 radical (unpaired) electrons. The van der Waals surface area contributed by atoms with Crippen molar-refractivity contribution < 1.29 is 14.3 Å². The highest BCUT2D eigenvalue weighted by Crippen LogP contribution is 2.20. The van der Waals surface area contributed by atoms with Gasteiger partial charge in [0.1, 0.15) is 5.75 Å². The molecule has 0 aliphatic rings. The van der Waals surface area contributed by atoms with Crippen LogP contribution in [0.1, 0.15) is 29.8 Å². The molecule has 0 aliphatic carbocycles. The number of hydrogen-bond acceptors (Lipinski definition) is 3. The fourth-order valence-corrected chi connectivity index (χ4v) is 2.15. The summed E-state index contributed by atoms with van der Waals surface area (Å²) < 4.78 is 5.74. The SMILES string of the molecule is CCc1ccccc1OC(C)C(=O)Nc1cccc(C(N)=O)c1. The Kier molecular flexibility index (Phi) is 5.36. The van der Waals surface area contributed by atoms with E-state index in [-0.39, 0.29) is 5.91 Å². The fourth-order valence-electron chi connectivity index (χ4n) is 2.15. The van der Waals surface area contributed by atoms with Crippen LogP contribution < -0.4 is 15.8 Å². The van der Waals surface area contributed by atoms with Gasteiger partial charge >= 0.3 is 0 Å². The molecule has 3 N–H and O–H groups in total. The molecule has 0 spiro atoms. The molecule has 2 rings (SSSR count). The number of nitrogens with one attached hydrogen (secondary N) is 1. The van der Waals surface area contributed by atoms with E-state index in [9.17, 15) is 9.59 Å². The Morgan fingerprint density at radius 3 is 2.61 bits per heavy atom. The number of nitrogens with two attached hydrogens (primary N) is 1. The lowest BCUT2D eigenvalue weighted by atomic mass is 10.1. The van der Waals surface area contributed by atoms with Crippen molar-refractivity contribution in [1.29, 1.82) is 0 Å². The van der Waals surface area contributed by atoms with Gasteiger partial charge in [0.15, 0.2) is 6.10 Å². The zero-order valence-corrected chi connectivity index (χ0v) is 13.2. The lowest BCUT2D eigenvalue weighted by Gasteiger charge is -2.17. The van der Waals surface area contributed by atoms with Gasteiger partial charge in [0.2, 0.25) is 5.91 Å². The van der Waals surface area contributed by atoms with E-state index in [1.807, 2.05) is 31.2 Å². The van der Waals surface area contributed by atoms with Gasteiger partial charge < -0.3 is 15.8 Å². The molecule has 23 heavy (non-hydrogen) atoms. The van der Waals surface area contributed by atoms with Crippen LogP contribution in [0.4, 0.5) is 5.69 Å². The summed E-state index contributed by atoms with van der Waals surface area (Å²) in [7, 11) is 0. The Hall–Kier alpha value is -2.82. The molecule has 5 heteroatoms. The van der Waals surface area contributed by atoms with Crippen molar-refractivity contribution >= 4 is 17.5 Å². The fraction of sp³-hybridized carbons (Fsp3) is 0.222. The number of anilines is 1. The Balaban J connectivity index is 2.05. The summed E-state index contributed by atoms with van der Waals surface area (Å²) in [6, 6.07) is 14.1. The van der Waals surface area contributed by atoms with Crippen LogP contribution in [-0.2, 0) is 11.2 Å². The molecule has 0 fully saturated rings. The number of aryl methyl sites for hydroxylation is 1. The standard InChI is InChI=1S/C18H20N2O3/c1-3-13-7-4-5-10-16(13)23-12(2)18(22)20-15-9-6-8-14(11-15)17(19)21/h4-12H,3H2,1-2H3,(H2,19,21)(H,20,22). The third-order valence-corrected chi connectivity index (χ3v) is 3.44. The molecule has 0 saturated carbocycles. The molecular formula is C18H20N2O3. The Morgan fingerprint density at radius 2 is 1.91 bits per heavy atom. The summed E-state index contributed by atoms with van der Waals surface area (Å²) in [5.74, 6) is -0.136. The minimum absolute atomic E-state index is 0.294. The largest absolute Gasteiger partial charge is 0.481 e. The second kappa shape index (κ2) is 7.45. The molecular weight excluding hydrogens is 292 g/mol. The summed E-state index contributed by atoms with van der Waals surface area (Å²) in [4.78, 5) is 23.4. The van der Waals surface area contributed by atoms with E-state index in [4.69, 9.17) is 10.5 Å². The van der Waals surface area contributed by atoms with Gasteiger partial charge in [0, 0.05) is 11.3 Å². The Labute approximate surface area is 135 Å². The van der Waals surface area contributed by atoms with Crippen LogP contribution in [0.2, 0.25) is 0 Å². The zero-order valence-electron chi connectivity index (χ0n) is 13.2. The zero-order chi connectivity index (χ0) is 16.8. The average Bonchev–Trinajstić information content (AvgIpc) is 2.55. The topological polar surface area (TPSA) is 81.4 Å². The quantitative estimate of drug-likeness (QED) is 0.860. The molecule has 1 atom stereocenters. The normalized spacial score (nSPS) is 11.6. The maximum absolute atomic E-state index is 12.2. The van der Waals surface area contributed by atoms with Crippen LogP contribution in [-0.4, -0.2) is 17.9 Å². The molecule has 0 heterocycles. The summed E-state index contributed by atoms with van der Waals surface area (Å²) in [5.41, 5.74) is 7.12. The molecule has 0 saturated heterocycles. The van der Waals surface area contributed by atoms with Gasteiger partial charge in [0.05, 0.1) is 0 Å². The number of benzene rings is 2. The van der Waals surface area contributed by atoms with Crippen LogP contribution in [0.3, 0.4) is 0 Å². The summed E-state index contributed by atoms with van der Waals surface area (Å²) >= 11 is 0. The van der Waals surface area contributed by atoms with E-state index in [0.29, 0.717) is 17.0 Å². The van der Waals surface area contributed by atoms with Crippen molar-refractivity contribution in [2.45, 2.75) is 26.4 Å². The van der Waals surface area contributed by atoms with E-state index >= 15 is 0 Å². The van der Waals surface area contributed by atoms with Crippen LogP contribution in [0, 0.1) is 0 Å². The van der Waals surface area contributed by atoms with Crippen LogP contribution in [0.5, 0.6) is 5.75 Å². The van der Waals surface area contributed by atoms with Gasteiger partial charge in [-0.15, -0.1) is 0 Å². The van der Waals surface area contributed by atoms with Crippen molar-refractivity contribution in [1.82, 2.24) is 0 Å².